The van der Waals surface area contributed by atoms with E-state index in [4.69, 9.17) is 9.84 Å². The average Bonchev–Trinajstić information content (AvgIpc) is 2.60. The summed E-state index contributed by atoms with van der Waals surface area (Å²) in [5.41, 5.74) is -0.0125. The van der Waals surface area contributed by atoms with Gasteiger partial charge >= 0.3 is 5.97 Å². The summed E-state index contributed by atoms with van der Waals surface area (Å²) in [5, 5.41) is 12.1. The molecule has 2 heterocycles. The highest BCUT2D eigenvalue weighted by Crippen LogP contribution is 2.29. The number of aliphatic carboxylic acids is 1. The maximum absolute atomic E-state index is 10.5. The van der Waals surface area contributed by atoms with Crippen molar-refractivity contribution in [3.8, 4) is 0 Å². The Labute approximate surface area is 101 Å². The average molecular weight is 248 g/mol. The van der Waals surface area contributed by atoms with E-state index in [1.807, 2.05) is 6.08 Å². The molecule has 0 aromatic carbocycles. The Morgan fingerprint density at radius 3 is 3.06 bits per heavy atom. The molecule has 2 aliphatic rings. The molecule has 2 atom stereocenters. The fraction of sp³-hybridized carbons (Fsp3) is 0.727. The number of hydrogen-bond acceptors (Lipinski definition) is 3. The topological polar surface area (TPSA) is 58.6 Å². The number of halogens is 1. The number of rotatable bonds is 3. The van der Waals surface area contributed by atoms with Gasteiger partial charge in [0.15, 0.2) is 0 Å². The molecule has 0 bridgehead atoms. The van der Waals surface area contributed by atoms with Crippen molar-refractivity contribution >= 4 is 18.4 Å². The minimum absolute atomic E-state index is 0. The van der Waals surface area contributed by atoms with Gasteiger partial charge in [-0.05, 0) is 19.3 Å². The maximum Gasteiger partial charge on any atom is 0.303 e. The predicted octanol–water partition coefficient (Wildman–Crippen LogP) is 1.35. The summed E-state index contributed by atoms with van der Waals surface area (Å²) >= 11 is 0. The molecule has 0 aliphatic carbocycles. The molecular weight excluding hydrogens is 230 g/mol. The van der Waals surface area contributed by atoms with Crippen molar-refractivity contribution in [1.82, 2.24) is 5.32 Å². The van der Waals surface area contributed by atoms with Gasteiger partial charge in [0.2, 0.25) is 0 Å². The van der Waals surface area contributed by atoms with E-state index in [0.717, 1.165) is 12.8 Å². The maximum atomic E-state index is 10.5. The Balaban J connectivity index is 0.00000128. The van der Waals surface area contributed by atoms with Crippen molar-refractivity contribution in [1.29, 1.82) is 0 Å². The molecule has 4 nitrogen and oxygen atoms in total. The second-order valence-electron chi connectivity index (χ2n) is 4.39. The Morgan fingerprint density at radius 1 is 1.62 bits per heavy atom. The second kappa shape index (κ2) is 5.66. The molecule has 0 unspecified atom stereocenters. The van der Waals surface area contributed by atoms with Crippen LogP contribution in [0.1, 0.15) is 25.7 Å². The summed E-state index contributed by atoms with van der Waals surface area (Å²) in [7, 11) is 0. The van der Waals surface area contributed by atoms with Gasteiger partial charge in [-0.3, -0.25) is 4.79 Å². The van der Waals surface area contributed by atoms with E-state index in [0.29, 0.717) is 25.7 Å². The van der Waals surface area contributed by atoms with Crippen molar-refractivity contribution in [2.75, 3.05) is 13.2 Å². The Morgan fingerprint density at radius 2 is 2.44 bits per heavy atom. The lowest BCUT2D eigenvalue weighted by atomic mass is 9.97. The van der Waals surface area contributed by atoms with Crippen LogP contribution in [0.3, 0.4) is 0 Å². The van der Waals surface area contributed by atoms with E-state index >= 15 is 0 Å². The van der Waals surface area contributed by atoms with Gasteiger partial charge in [-0.25, -0.2) is 0 Å². The van der Waals surface area contributed by atoms with Crippen LogP contribution in [0.5, 0.6) is 0 Å². The Kier molecular flexibility index (Phi) is 4.77. The first kappa shape index (κ1) is 13.5. The van der Waals surface area contributed by atoms with Crippen LogP contribution in [-0.4, -0.2) is 35.9 Å². The smallest absolute Gasteiger partial charge is 0.303 e. The standard InChI is InChI=1S/C11H17NO3.ClH/c13-10(14)3-2-9-4-6-11(12-9)5-1-7-15-8-11;/h1,5,9,12H,2-4,6-8H2,(H,13,14);1H/t9-,11+;/m0./s1. The lowest BCUT2D eigenvalue weighted by Crippen LogP contribution is -2.47. The van der Waals surface area contributed by atoms with E-state index in [9.17, 15) is 4.79 Å². The summed E-state index contributed by atoms with van der Waals surface area (Å²) in [5.74, 6) is -0.715. The molecule has 16 heavy (non-hydrogen) atoms. The zero-order chi connectivity index (χ0) is 10.7. The predicted molar refractivity (Wildman–Crippen MR) is 63.0 cm³/mol. The molecule has 2 aliphatic heterocycles. The molecule has 1 spiro atoms. The van der Waals surface area contributed by atoms with Crippen LogP contribution in [0.4, 0.5) is 0 Å². The van der Waals surface area contributed by atoms with Crippen LogP contribution in [0, 0.1) is 0 Å². The quantitative estimate of drug-likeness (QED) is 0.740. The third-order valence-corrected chi connectivity index (χ3v) is 3.15. The fourth-order valence-corrected chi connectivity index (χ4v) is 2.37. The van der Waals surface area contributed by atoms with E-state index in [1.165, 1.54) is 0 Å². The summed E-state index contributed by atoms with van der Waals surface area (Å²) < 4.78 is 5.42. The van der Waals surface area contributed by atoms with E-state index < -0.39 is 5.97 Å². The molecule has 0 aromatic heterocycles. The molecule has 2 rings (SSSR count). The number of hydrogen-bond donors (Lipinski definition) is 2. The highest BCUT2D eigenvalue weighted by atomic mass is 35.5. The van der Waals surface area contributed by atoms with Crippen molar-refractivity contribution in [2.24, 2.45) is 0 Å². The molecule has 2 N–H and O–H groups in total. The van der Waals surface area contributed by atoms with Crippen LogP contribution in [0.15, 0.2) is 12.2 Å². The molecule has 0 amide bonds. The van der Waals surface area contributed by atoms with Crippen molar-refractivity contribution in [3.63, 3.8) is 0 Å². The van der Waals surface area contributed by atoms with Crippen LogP contribution < -0.4 is 5.32 Å². The van der Waals surface area contributed by atoms with Gasteiger partial charge in [-0.2, -0.15) is 0 Å². The molecule has 5 heteroatoms. The third kappa shape index (κ3) is 3.20. The first-order chi connectivity index (χ1) is 7.20. The summed E-state index contributed by atoms with van der Waals surface area (Å²) in [6, 6.07) is 0.326. The largest absolute Gasteiger partial charge is 0.481 e. The number of carbonyl (C=O) groups is 1. The minimum atomic E-state index is -0.715. The van der Waals surface area contributed by atoms with E-state index in [-0.39, 0.29) is 24.4 Å². The van der Waals surface area contributed by atoms with Crippen LogP contribution >= 0.6 is 12.4 Å². The van der Waals surface area contributed by atoms with Crippen LogP contribution in [-0.2, 0) is 9.53 Å². The highest BCUT2D eigenvalue weighted by Gasteiger charge is 2.37. The van der Waals surface area contributed by atoms with Gasteiger partial charge in [0.05, 0.1) is 18.8 Å². The van der Waals surface area contributed by atoms with Gasteiger partial charge in [0, 0.05) is 12.5 Å². The molecule has 92 valence electrons. The summed E-state index contributed by atoms with van der Waals surface area (Å²) in [6.07, 6.45) is 7.27. The molecule has 0 aromatic rings. The summed E-state index contributed by atoms with van der Waals surface area (Å²) in [6.45, 7) is 1.41. The zero-order valence-corrected chi connectivity index (χ0v) is 9.96. The molecule has 1 saturated heterocycles. The van der Waals surface area contributed by atoms with Crippen molar-refractivity contribution in [2.45, 2.75) is 37.3 Å². The number of carboxylic acid groups (broad SMARTS) is 1. The van der Waals surface area contributed by atoms with E-state index in [2.05, 4.69) is 11.4 Å². The number of nitrogens with one attached hydrogen (secondary N) is 1. The van der Waals surface area contributed by atoms with Gasteiger partial charge in [0.25, 0.3) is 0 Å². The van der Waals surface area contributed by atoms with Crippen LogP contribution in [0.25, 0.3) is 0 Å². The Bertz CT molecular complexity index is 282. The minimum Gasteiger partial charge on any atom is -0.481 e. The fourth-order valence-electron chi connectivity index (χ4n) is 2.37. The third-order valence-electron chi connectivity index (χ3n) is 3.15. The van der Waals surface area contributed by atoms with Crippen molar-refractivity contribution < 1.29 is 14.6 Å². The van der Waals surface area contributed by atoms with Gasteiger partial charge in [-0.15, -0.1) is 12.4 Å². The molecule has 0 radical (unpaired) electrons. The Hall–Kier alpha value is -0.580. The highest BCUT2D eigenvalue weighted by molar-refractivity contribution is 5.85. The normalized spacial score (nSPS) is 32.6. The molecule has 1 fully saturated rings. The van der Waals surface area contributed by atoms with Gasteiger partial charge in [-0.1, -0.05) is 12.2 Å². The van der Waals surface area contributed by atoms with Crippen molar-refractivity contribution in [3.05, 3.63) is 12.2 Å². The van der Waals surface area contributed by atoms with Gasteiger partial charge in [0.1, 0.15) is 0 Å². The van der Waals surface area contributed by atoms with E-state index in [1.54, 1.807) is 0 Å². The first-order valence-corrected chi connectivity index (χ1v) is 5.45. The zero-order valence-electron chi connectivity index (χ0n) is 9.15. The lowest BCUT2D eigenvalue weighted by molar-refractivity contribution is -0.137. The lowest BCUT2D eigenvalue weighted by Gasteiger charge is -2.29. The number of carboxylic acids is 1. The van der Waals surface area contributed by atoms with Crippen LogP contribution in [0.2, 0.25) is 0 Å². The monoisotopic (exact) mass is 247 g/mol. The summed E-state index contributed by atoms with van der Waals surface area (Å²) in [4.78, 5) is 10.5. The second-order valence-corrected chi connectivity index (χ2v) is 4.39. The first-order valence-electron chi connectivity index (χ1n) is 5.45. The number of ether oxygens (including phenoxy) is 1. The molecule has 0 saturated carbocycles. The SMILES string of the molecule is Cl.O=C(O)CC[C@H]1CC[C@@]2(C=CCOC2)N1. The van der Waals surface area contributed by atoms with Gasteiger partial charge < -0.3 is 15.2 Å². The molecular formula is C11H18ClNO3.